The average Bonchev–Trinajstić information content (AvgIpc) is 2.66. The lowest BCUT2D eigenvalue weighted by molar-refractivity contribution is -0.698. The molecule has 0 saturated heterocycles. The van der Waals surface area contributed by atoms with Gasteiger partial charge >= 0.3 is 0 Å². The van der Waals surface area contributed by atoms with Gasteiger partial charge in [-0.2, -0.15) is 4.85 Å². The Morgan fingerprint density at radius 1 is 1.40 bits per heavy atom. The minimum Gasteiger partial charge on any atom is -0.693 e. The van der Waals surface area contributed by atoms with Crippen LogP contribution in [0.1, 0.15) is 5.56 Å². The van der Waals surface area contributed by atoms with Crippen LogP contribution in [-0.4, -0.2) is 17.0 Å². The van der Waals surface area contributed by atoms with Crippen molar-refractivity contribution in [2.45, 2.75) is 6.54 Å². The van der Waals surface area contributed by atoms with Crippen LogP contribution in [0, 0.1) is 5.21 Å². The first-order chi connectivity index (χ1) is 7.29. The van der Waals surface area contributed by atoms with Crippen molar-refractivity contribution in [2.75, 3.05) is 7.11 Å². The van der Waals surface area contributed by atoms with Gasteiger partial charge in [-0.25, -0.2) is 0 Å². The van der Waals surface area contributed by atoms with Gasteiger partial charge in [0.15, 0.2) is 6.20 Å². The number of rotatable bonds is 3. The molecule has 1 aromatic carbocycles. The molecule has 0 bridgehead atoms. The van der Waals surface area contributed by atoms with Crippen molar-refractivity contribution in [1.29, 1.82) is 0 Å². The van der Waals surface area contributed by atoms with Gasteiger partial charge in [-0.05, 0) is 22.5 Å². The fourth-order valence-corrected chi connectivity index (χ4v) is 1.30. The number of hydrogen-bond donors (Lipinski definition) is 0. The predicted octanol–water partition coefficient (Wildman–Crippen LogP) is 0.573. The highest BCUT2D eigenvalue weighted by atomic mass is 16.5. The molecule has 1 heterocycles. The summed E-state index contributed by atoms with van der Waals surface area (Å²) in [4.78, 5) is 2.03. The van der Waals surface area contributed by atoms with E-state index in [1.165, 1.54) is 17.2 Å². The Morgan fingerprint density at radius 2 is 2.13 bits per heavy atom. The quantitative estimate of drug-likeness (QED) is 0.544. The molecule has 0 fully saturated rings. The van der Waals surface area contributed by atoms with E-state index in [9.17, 15) is 5.21 Å². The van der Waals surface area contributed by atoms with Crippen LogP contribution in [0.25, 0.3) is 0 Å². The van der Waals surface area contributed by atoms with Gasteiger partial charge in [0, 0.05) is 5.10 Å². The molecule has 2 aromatic rings. The Kier molecular flexibility index (Phi) is 2.53. The van der Waals surface area contributed by atoms with E-state index in [1.807, 2.05) is 24.3 Å². The largest absolute Gasteiger partial charge is 0.693 e. The van der Waals surface area contributed by atoms with Crippen LogP contribution in [-0.2, 0) is 6.54 Å². The number of methoxy groups -OCH3 is 1. The Hall–Kier alpha value is -2.04. The van der Waals surface area contributed by atoms with Gasteiger partial charge in [-0.3, -0.25) is 0 Å². The zero-order valence-electron chi connectivity index (χ0n) is 8.33. The molecule has 0 radical (unpaired) electrons. The summed E-state index contributed by atoms with van der Waals surface area (Å²) in [6, 6.07) is 7.52. The number of hydrogen-bond acceptors (Lipinski definition) is 3. The fraction of sp³-hybridized carbons (Fsp3) is 0.200. The van der Waals surface area contributed by atoms with Crippen molar-refractivity contribution in [3.8, 4) is 5.75 Å². The van der Waals surface area contributed by atoms with E-state index in [-0.39, 0.29) is 0 Å². The molecular weight excluding hydrogens is 194 g/mol. The van der Waals surface area contributed by atoms with Gasteiger partial charge in [0.25, 0.3) is 0 Å². The zero-order chi connectivity index (χ0) is 10.7. The molecule has 0 saturated carbocycles. The Balaban J connectivity index is 2.14. The van der Waals surface area contributed by atoms with E-state index in [2.05, 4.69) is 5.10 Å². The molecule has 2 rings (SSSR count). The molecule has 1 aromatic heterocycles. The molecule has 5 heteroatoms. The summed E-state index contributed by atoms with van der Waals surface area (Å²) >= 11 is 0. The molecular formula is C10H11N3O2. The van der Waals surface area contributed by atoms with Crippen molar-refractivity contribution in [3.05, 3.63) is 47.4 Å². The summed E-state index contributed by atoms with van der Waals surface area (Å²) in [6.45, 7) is 0.459. The summed E-state index contributed by atoms with van der Waals surface area (Å²) in [6.07, 6.45) is 2.83. The second kappa shape index (κ2) is 4.00. The number of ether oxygens (including phenoxy) is 1. The smallest absolute Gasteiger partial charge is 0.206 e. The first-order valence-corrected chi connectivity index (χ1v) is 4.54. The van der Waals surface area contributed by atoms with Crippen molar-refractivity contribution in [3.63, 3.8) is 0 Å². The molecule has 0 atom stereocenters. The first-order valence-electron chi connectivity index (χ1n) is 4.54. The van der Waals surface area contributed by atoms with Crippen molar-refractivity contribution >= 4 is 0 Å². The topological polar surface area (TPSA) is 54.0 Å². The maximum atomic E-state index is 11.1. The van der Waals surface area contributed by atoms with Crippen LogP contribution in [0.4, 0.5) is 0 Å². The first kappa shape index (κ1) is 9.51. The lowest BCUT2D eigenvalue weighted by Crippen LogP contribution is -2.37. The van der Waals surface area contributed by atoms with E-state index in [4.69, 9.17) is 4.74 Å². The predicted molar refractivity (Wildman–Crippen MR) is 53.3 cm³/mol. The van der Waals surface area contributed by atoms with Crippen LogP contribution < -0.4 is 9.58 Å². The highest BCUT2D eigenvalue weighted by molar-refractivity contribution is 5.26. The lowest BCUT2D eigenvalue weighted by Gasteiger charge is -2.04. The number of benzene rings is 1. The van der Waals surface area contributed by atoms with Crippen LogP contribution in [0.15, 0.2) is 36.7 Å². The second-order valence-corrected chi connectivity index (χ2v) is 3.09. The molecule has 0 aliphatic carbocycles. The minimum atomic E-state index is 0.459. The standard InChI is InChI=1S/C10H11N3O2/c1-15-10-4-2-9(3-5-10)8-12-11-6-7-13(12)14/h2-7H,8H2,1H3. The molecule has 0 aliphatic heterocycles. The van der Waals surface area contributed by atoms with Crippen LogP contribution in [0.3, 0.4) is 0 Å². The molecule has 5 nitrogen and oxygen atoms in total. The Morgan fingerprint density at radius 3 is 2.67 bits per heavy atom. The molecule has 0 N–H and O–H groups in total. The van der Waals surface area contributed by atoms with E-state index < -0.39 is 0 Å². The average molecular weight is 205 g/mol. The molecule has 78 valence electrons. The van der Waals surface area contributed by atoms with Crippen LogP contribution >= 0.6 is 0 Å². The fourth-order valence-electron chi connectivity index (χ4n) is 1.30. The Labute approximate surface area is 87.1 Å². The number of nitrogens with zero attached hydrogens (tertiary/aromatic N) is 3. The molecule has 15 heavy (non-hydrogen) atoms. The van der Waals surface area contributed by atoms with Crippen molar-refractivity contribution < 1.29 is 9.58 Å². The normalized spacial score (nSPS) is 10.2. The van der Waals surface area contributed by atoms with E-state index in [0.29, 0.717) is 11.4 Å². The molecule has 0 amide bonds. The lowest BCUT2D eigenvalue weighted by atomic mass is 10.2. The zero-order valence-corrected chi connectivity index (χ0v) is 8.33. The molecule has 0 aliphatic rings. The van der Waals surface area contributed by atoms with Gasteiger partial charge in [0.05, 0.1) is 7.11 Å². The van der Waals surface area contributed by atoms with Crippen LogP contribution in [0.2, 0.25) is 0 Å². The molecule has 0 unspecified atom stereocenters. The summed E-state index contributed by atoms with van der Waals surface area (Å²) in [5, 5.41) is 15.0. The van der Waals surface area contributed by atoms with Gasteiger partial charge in [-0.15, -0.1) is 0 Å². The summed E-state index contributed by atoms with van der Waals surface area (Å²) < 4.78 is 5.04. The Bertz CT molecular complexity index is 436. The number of aromatic nitrogens is 3. The van der Waals surface area contributed by atoms with E-state index >= 15 is 0 Å². The van der Waals surface area contributed by atoms with E-state index in [1.54, 1.807) is 7.11 Å². The third-order valence-electron chi connectivity index (χ3n) is 2.10. The maximum absolute atomic E-state index is 11.1. The van der Waals surface area contributed by atoms with Gasteiger partial charge in [-0.1, -0.05) is 12.1 Å². The van der Waals surface area contributed by atoms with Gasteiger partial charge < -0.3 is 9.94 Å². The SMILES string of the molecule is COc1ccc(Cn2ncc[n+]2[O-])cc1. The van der Waals surface area contributed by atoms with Crippen molar-refractivity contribution in [2.24, 2.45) is 0 Å². The maximum Gasteiger partial charge on any atom is 0.206 e. The summed E-state index contributed by atoms with van der Waals surface area (Å²) in [5.41, 5.74) is 1.00. The summed E-state index contributed by atoms with van der Waals surface area (Å²) in [5.74, 6) is 0.800. The van der Waals surface area contributed by atoms with E-state index in [0.717, 1.165) is 11.3 Å². The third-order valence-corrected chi connectivity index (χ3v) is 2.10. The van der Waals surface area contributed by atoms with Gasteiger partial charge in [0.2, 0.25) is 6.20 Å². The van der Waals surface area contributed by atoms with Crippen molar-refractivity contribution in [1.82, 2.24) is 9.90 Å². The molecule has 0 spiro atoms. The highest BCUT2D eigenvalue weighted by Gasteiger charge is 2.03. The monoisotopic (exact) mass is 205 g/mol. The third kappa shape index (κ3) is 2.07. The highest BCUT2D eigenvalue weighted by Crippen LogP contribution is 2.11. The minimum absolute atomic E-state index is 0.459. The van der Waals surface area contributed by atoms with Gasteiger partial charge in [0.1, 0.15) is 12.3 Å². The second-order valence-electron chi connectivity index (χ2n) is 3.09. The summed E-state index contributed by atoms with van der Waals surface area (Å²) in [7, 11) is 1.62. The van der Waals surface area contributed by atoms with Crippen LogP contribution in [0.5, 0.6) is 5.75 Å².